The number of hydrogen-bond donors (Lipinski definition) is 2. The van der Waals surface area contributed by atoms with Crippen LogP contribution in [-0.4, -0.2) is 55.7 Å². The average Bonchev–Trinajstić information content (AvgIpc) is 2.38. The maximum atomic E-state index is 12.1. The summed E-state index contributed by atoms with van der Waals surface area (Å²) in [5.74, 6) is 0.313. The molecule has 0 atom stereocenters. The summed E-state index contributed by atoms with van der Waals surface area (Å²) in [4.78, 5) is 17.3. The second-order valence-corrected chi connectivity index (χ2v) is 4.37. The van der Waals surface area contributed by atoms with E-state index in [0.717, 1.165) is 0 Å². The monoisotopic (exact) mass is 438 g/mol. The molecule has 1 amide bonds. The van der Waals surface area contributed by atoms with E-state index in [0.29, 0.717) is 32.1 Å². The summed E-state index contributed by atoms with van der Waals surface area (Å²) in [6, 6.07) is 0. The molecule has 132 valence electrons. The topological polar surface area (TPSA) is 56.7 Å². The van der Waals surface area contributed by atoms with Crippen molar-refractivity contribution in [1.82, 2.24) is 15.5 Å². The third-order valence-electron chi connectivity index (χ3n) is 2.76. The molecule has 0 rings (SSSR count). The number of aliphatic imine (C=N–C) groups is 1. The van der Waals surface area contributed by atoms with E-state index in [1.807, 2.05) is 20.8 Å². The number of hydrogen-bond acceptors (Lipinski definition) is 2. The maximum Gasteiger partial charge on any atom is 0.390 e. The second-order valence-electron chi connectivity index (χ2n) is 4.37. The van der Waals surface area contributed by atoms with Crippen LogP contribution in [-0.2, 0) is 4.79 Å². The van der Waals surface area contributed by atoms with Crippen molar-refractivity contribution in [2.75, 3.05) is 32.7 Å². The summed E-state index contributed by atoms with van der Waals surface area (Å²) < 4.78 is 36.2. The summed E-state index contributed by atoms with van der Waals surface area (Å²) in [5, 5.41) is 5.71. The number of rotatable bonds is 8. The normalized spacial score (nSPS) is 11.6. The Morgan fingerprint density at radius 3 is 2.18 bits per heavy atom. The highest BCUT2D eigenvalue weighted by Crippen LogP contribution is 2.18. The van der Waals surface area contributed by atoms with E-state index in [2.05, 4.69) is 15.6 Å². The van der Waals surface area contributed by atoms with Crippen LogP contribution in [0, 0.1) is 0 Å². The molecule has 0 aromatic carbocycles. The van der Waals surface area contributed by atoms with Crippen LogP contribution in [0.2, 0.25) is 0 Å². The molecule has 0 fully saturated rings. The Hall–Kier alpha value is -0.740. The minimum Gasteiger partial charge on any atom is -0.357 e. The highest BCUT2D eigenvalue weighted by Gasteiger charge is 2.26. The summed E-state index contributed by atoms with van der Waals surface area (Å²) in [5.41, 5.74) is 0. The van der Waals surface area contributed by atoms with Crippen molar-refractivity contribution < 1.29 is 18.0 Å². The van der Waals surface area contributed by atoms with Gasteiger partial charge >= 0.3 is 6.18 Å². The lowest BCUT2D eigenvalue weighted by atomic mass is 10.3. The number of guanidine groups is 1. The number of nitrogens with zero attached hydrogens (tertiary/aromatic N) is 2. The predicted octanol–water partition coefficient (Wildman–Crippen LogP) is 2.37. The Labute approximate surface area is 147 Å². The highest BCUT2D eigenvalue weighted by atomic mass is 127. The molecule has 0 unspecified atom stereocenters. The van der Waals surface area contributed by atoms with Gasteiger partial charge in [0.15, 0.2) is 5.96 Å². The van der Waals surface area contributed by atoms with Gasteiger partial charge in [0, 0.05) is 32.6 Å². The molecule has 0 aromatic heterocycles. The Morgan fingerprint density at radius 2 is 1.73 bits per heavy atom. The third kappa shape index (κ3) is 11.9. The van der Waals surface area contributed by atoms with E-state index in [1.165, 1.54) is 0 Å². The molecular weight excluding hydrogens is 412 g/mol. The third-order valence-corrected chi connectivity index (χ3v) is 2.76. The average molecular weight is 438 g/mol. The first-order valence-corrected chi connectivity index (χ1v) is 7.20. The van der Waals surface area contributed by atoms with E-state index in [1.54, 1.807) is 4.90 Å². The van der Waals surface area contributed by atoms with Crippen molar-refractivity contribution in [2.24, 2.45) is 4.99 Å². The van der Waals surface area contributed by atoms with Crippen molar-refractivity contribution >= 4 is 35.8 Å². The van der Waals surface area contributed by atoms with Gasteiger partial charge in [-0.05, 0) is 20.8 Å². The van der Waals surface area contributed by atoms with Crippen LogP contribution >= 0.6 is 24.0 Å². The molecule has 0 heterocycles. The largest absolute Gasteiger partial charge is 0.390 e. The Kier molecular flexibility index (Phi) is 13.7. The molecule has 0 radical (unpaired) electrons. The molecule has 0 aromatic rings. The lowest BCUT2D eigenvalue weighted by molar-refractivity contribution is -0.132. The number of carbonyl (C=O) groups excluding carboxylic acids is 1. The van der Waals surface area contributed by atoms with Gasteiger partial charge in [-0.3, -0.25) is 9.79 Å². The van der Waals surface area contributed by atoms with E-state index in [9.17, 15) is 18.0 Å². The first kappa shape index (κ1) is 23.5. The van der Waals surface area contributed by atoms with Crippen LogP contribution in [0.15, 0.2) is 4.99 Å². The lowest BCUT2D eigenvalue weighted by Gasteiger charge is -2.19. The molecule has 0 aliphatic carbocycles. The van der Waals surface area contributed by atoms with Gasteiger partial charge in [-0.25, -0.2) is 0 Å². The Balaban J connectivity index is 0. The van der Waals surface area contributed by atoms with Gasteiger partial charge in [0.2, 0.25) is 5.91 Å². The molecule has 0 aliphatic heterocycles. The fraction of sp³-hybridized carbons (Fsp3) is 0.846. The molecule has 0 spiro atoms. The van der Waals surface area contributed by atoms with Crippen molar-refractivity contribution in [1.29, 1.82) is 0 Å². The number of amides is 1. The molecule has 2 N–H and O–H groups in total. The van der Waals surface area contributed by atoms with Crippen molar-refractivity contribution in [3.05, 3.63) is 0 Å². The zero-order valence-corrected chi connectivity index (χ0v) is 15.6. The fourth-order valence-corrected chi connectivity index (χ4v) is 1.66. The fourth-order valence-electron chi connectivity index (χ4n) is 1.66. The van der Waals surface area contributed by atoms with Gasteiger partial charge < -0.3 is 15.5 Å². The van der Waals surface area contributed by atoms with Gasteiger partial charge in [-0.15, -0.1) is 24.0 Å². The zero-order chi connectivity index (χ0) is 16.3. The van der Waals surface area contributed by atoms with Crippen molar-refractivity contribution in [3.63, 3.8) is 0 Å². The Bertz CT molecular complexity index is 334. The van der Waals surface area contributed by atoms with Crippen LogP contribution in [0.25, 0.3) is 0 Å². The smallest absolute Gasteiger partial charge is 0.357 e. The number of carbonyl (C=O) groups is 1. The predicted molar refractivity (Wildman–Crippen MR) is 92.6 cm³/mol. The van der Waals surface area contributed by atoms with E-state index in [-0.39, 0.29) is 42.8 Å². The molecule has 0 aliphatic rings. The van der Waals surface area contributed by atoms with Gasteiger partial charge in [0.25, 0.3) is 0 Å². The van der Waals surface area contributed by atoms with Crippen molar-refractivity contribution in [2.45, 2.75) is 39.8 Å². The number of nitrogens with one attached hydrogen (secondary N) is 2. The molecule has 22 heavy (non-hydrogen) atoms. The van der Waals surface area contributed by atoms with Gasteiger partial charge in [0.1, 0.15) is 0 Å². The summed E-state index contributed by atoms with van der Waals surface area (Å²) >= 11 is 0. The molecule has 9 heteroatoms. The lowest BCUT2D eigenvalue weighted by Crippen LogP contribution is -2.40. The summed E-state index contributed by atoms with van der Waals surface area (Å²) in [6.45, 7) is 7.47. The van der Waals surface area contributed by atoms with E-state index >= 15 is 0 Å². The van der Waals surface area contributed by atoms with E-state index in [4.69, 9.17) is 0 Å². The molecule has 0 bridgehead atoms. The second kappa shape index (κ2) is 12.8. The van der Waals surface area contributed by atoms with Crippen molar-refractivity contribution in [3.8, 4) is 0 Å². The van der Waals surface area contributed by atoms with Crippen LogP contribution in [0.3, 0.4) is 0 Å². The first-order chi connectivity index (χ1) is 9.84. The summed E-state index contributed by atoms with van der Waals surface area (Å²) in [7, 11) is 0. The van der Waals surface area contributed by atoms with Crippen LogP contribution in [0.5, 0.6) is 0 Å². The Morgan fingerprint density at radius 1 is 1.14 bits per heavy atom. The van der Waals surface area contributed by atoms with Crippen LogP contribution < -0.4 is 10.6 Å². The first-order valence-electron chi connectivity index (χ1n) is 7.20. The van der Waals surface area contributed by atoms with E-state index < -0.39 is 12.6 Å². The maximum absolute atomic E-state index is 12.1. The zero-order valence-electron chi connectivity index (χ0n) is 13.3. The standard InChI is InChI=1S/C13H25F3N4O.HI/c1-4-17-12(19-10-8-13(14,15)16)18-9-7-11(21)20(5-2)6-3;/h4-10H2,1-3H3,(H2,17,18,19);1H. The molecule has 0 saturated carbocycles. The molecule has 5 nitrogen and oxygen atoms in total. The molecular formula is C13H26F3IN4O. The van der Waals surface area contributed by atoms with Crippen LogP contribution in [0.4, 0.5) is 13.2 Å². The SMILES string of the molecule is CCNC(=NCCC(F)(F)F)NCCC(=O)N(CC)CC.I. The minimum atomic E-state index is -4.21. The van der Waals surface area contributed by atoms with Gasteiger partial charge in [0.05, 0.1) is 13.0 Å². The summed E-state index contributed by atoms with van der Waals surface area (Å²) in [6.07, 6.45) is -4.88. The number of halogens is 4. The molecule has 0 saturated heterocycles. The van der Waals surface area contributed by atoms with Gasteiger partial charge in [-0.1, -0.05) is 0 Å². The van der Waals surface area contributed by atoms with Crippen LogP contribution in [0.1, 0.15) is 33.6 Å². The highest BCUT2D eigenvalue weighted by molar-refractivity contribution is 14.0. The minimum absolute atomic E-state index is 0. The quantitative estimate of drug-likeness (QED) is 0.348. The number of alkyl halides is 3. The van der Waals surface area contributed by atoms with Gasteiger partial charge in [-0.2, -0.15) is 13.2 Å².